The van der Waals surface area contributed by atoms with Gasteiger partial charge >= 0.3 is 5.97 Å². The van der Waals surface area contributed by atoms with E-state index in [2.05, 4.69) is 4.74 Å². The van der Waals surface area contributed by atoms with E-state index >= 15 is 0 Å². The molecule has 18 heavy (non-hydrogen) atoms. The first-order valence-corrected chi connectivity index (χ1v) is 6.58. The molecule has 9 heteroatoms. The molecule has 0 amide bonds. The van der Waals surface area contributed by atoms with Gasteiger partial charge in [-0.15, -0.1) is 0 Å². The van der Waals surface area contributed by atoms with Crippen molar-refractivity contribution >= 4 is 16.2 Å². The number of carbonyl (C=O) groups excluding carboxylic acids is 1. The molecule has 3 nitrogen and oxygen atoms in total. The Balaban J connectivity index is 2.72. The first-order valence-electron chi connectivity index (χ1n) is 4.46. The van der Waals surface area contributed by atoms with Gasteiger partial charge in [0.05, 0.1) is 7.11 Å². The van der Waals surface area contributed by atoms with Crippen LogP contribution in [0.4, 0.5) is 19.4 Å². The molecule has 0 aliphatic rings. The van der Waals surface area contributed by atoms with Crippen LogP contribution in [-0.4, -0.2) is 18.8 Å². The zero-order valence-electron chi connectivity index (χ0n) is 9.04. The van der Waals surface area contributed by atoms with Crippen LogP contribution in [0, 0.1) is 0 Å². The number of halogens is 5. The smallest absolute Gasteiger partial charge is 0.330 e. The predicted octanol–water partition coefficient (Wildman–Crippen LogP) is 3.90. The van der Waals surface area contributed by atoms with Gasteiger partial charge in [0, 0.05) is 0 Å². The molecule has 0 aliphatic carbocycles. The Labute approximate surface area is 99.2 Å². The van der Waals surface area contributed by atoms with Crippen molar-refractivity contribution in [2.75, 3.05) is 12.9 Å². The van der Waals surface area contributed by atoms with Gasteiger partial charge in [0.1, 0.15) is 11.5 Å². The minimum Gasteiger partial charge on any atom is -0.497 e. The van der Waals surface area contributed by atoms with Crippen LogP contribution in [0.2, 0.25) is 0 Å². The second-order valence-corrected chi connectivity index (χ2v) is 5.97. The van der Waals surface area contributed by atoms with Crippen molar-refractivity contribution in [2.24, 2.45) is 0 Å². The van der Waals surface area contributed by atoms with Crippen molar-refractivity contribution in [1.82, 2.24) is 0 Å². The lowest BCUT2D eigenvalue weighted by Gasteiger charge is -2.38. The summed E-state index contributed by atoms with van der Waals surface area (Å²) in [7, 11) is -8.43. The van der Waals surface area contributed by atoms with E-state index in [9.17, 15) is 24.2 Å². The third-order valence-electron chi connectivity index (χ3n) is 1.68. The zero-order valence-corrected chi connectivity index (χ0v) is 9.86. The summed E-state index contributed by atoms with van der Waals surface area (Å²) in [6, 6.07) is 4.87. The molecule has 0 radical (unpaired) electrons. The average Bonchev–Trinajstić information content (AvgIpc) is 2.13. The minimum absolute atomic E-state index is 0.275. The lowest BCUT2D eigenvalue weighted by atomic mass is 10.3. The topological polar surface area (TPSA) is 35.5 Å². The fourth-order valence-corrected chi connectivity index (χ4v) is 1.53. The van der Waals surface area contributed by atoms with E-state index in [0.717, 1.165) is 12.1 Å². The standard InChI is InChI=1S/C9H9F5O3S/c1-16-7-2-4-8(5-3-7)17-9(15)6-18(10,11,12,13)14/h2-5H,6H2,1H3. The Bertz CT molecular complexity index is 453. The quantitative estimate of drug-likeness (QED) is 0.479. The average molecular weight is 292 g/mol. The highest BCUT2D eigenvalue weighted by Gasteiger charge is 2.65. The Kier molecular flexibility index (Phi) is 3.02. The maximum Gasteiger partial charge on any atom is 0.330 e. The number of hydrogen-bond donors (Lipinski definition) is 0. The van der Waals surface area contributed by atoms with Gasteiger partial charge in [0.25, 0.3) is 10.2 Å². The van der Waals surface area contributed by atoms with Gasteiger partial charge in [0.15, 0.2) is 5.75 Å². The molecule has 0 saturated heterocycles. The molecule has 1 rings (SSSR count). The normalized spacial score (nSPS) is 15.4. The number of methoxy groups -OCH3 is 1. The monoisotopic (exact) mass is 292 g/mol. The summed E-state index contributed by atoms with van der Waals surface area (Å²) in [5, 5.41) is 0. The van der Waals surface area contributed by atoms with Gasteiger partial charge in [-0.3, -0.25) is 4.79 Å². The Morgan fingerprint density at radius 1 is 1.06 bits per heavy atom. The van der Waals surface area contributed by atoms with E-state index in [1.165, 1.54) is 19.2 Å². The number of hydrogen-bond acceptors (Lipinski definition) is 3. The summed E-state index contributed by atoms with van der Waals surface area (Å²) in [6.45, 7) is 0. The fourth-order valence-electron chi connectivity index (χ4n) is 1.03. The van der Waals surface area contributed by atoms with Crippen molar-refractivity contribution in [3.63, 3.8) is 0 Å². The van der Waals surface area contributed by atoms with E-state index in [1.807, 2.05) is 0 Å². The molecule has 0 fully saturated rings. The molecule has 0 saturated carbocycles. The summed E-state index contributed by atoms with van der Waals surface area (Å²) in [4.78, 5) is 10.8. The molecule has 104 valence electrons. The van der Waals surface area contributed by atoms with E-state index in [-0.39, 0.29) is 5.75 Å². The van der Waals surface area contributed by atoms with Gasteiger partial charge in [-0.2, -0.15) is 0 Å². The van der Waals surface area contributed by atoms with E-state index in [4.69, 9.17) is 4.74 Å². The fraction of sp³-hybridized carbons (Fsp3) is 0.222. The van der Waals surface area contributed by atoms with E-state index in [1.54, 1.807) is 0 Å². The van der Waals surface area contributed by atoms with Crippen LogP contribution in [0.5, 0.6) is 11.5 Å². The Morgan fingerprint density at radius 2 is 1.50 bits per heavy atom. The summed E-state index contributed by atoms with van der Waals surface area (Å²) in [5.74, 6) is -4.84. The molecule has 0 aliphatic heterocycles. The third kappa shape index (κ3) is 5.71. The van der Waals surface area contributed by atoms with Gasteiger partial charge in [-0.1, -0.05) is 19.4 Å². The number of carbonyl (C=O) groups is 1. The van der Waals surface area contributed by atoms with Gasteiger partial charge in [0.2, 0.25) is 0 Å². The van der Waals surface area contributed by atoms with Crippen molar-refractivity contribution in [2.45, 2.75) is 0 Å². The van der Waals surface area contributed by atoms with Crippen LogP contribution in [0.15, 0.2) is 24.3 Å². The number of esters is 1. The summed E-state index contributed by atoms with van der Waals surface area (Å²) in [6.07, 6.45) is 0. The summed E-state index contributed by atoms with van der Waals surface area (Å²) in [5.41, 5.74) is 0. The SMILES string of the molecule is COc1ccc(OC(=O)CS(F)(F)(F)(F)F)cc1. The lowest BCUT2D eigenvalue weighted by Crippen LogP contribution is -2.23. The second kappa shape index (κ2) is 3.74. The summed E-state index contributed by atoms with van der Waals surface area (Å²) >= 11 is 0. The van der Waals surface area contributed by atoms with Crippen LogP contribution < -0.4 is 9.47 Å². The zero-order chi connectivity index (χ0) is 14.1. The van der Waals surface area contributed by atoms with Crippen molar-refractivity contribution < 1.29 is 33.7 Å². The highest BCUT2D eigenvalue weighted by Crippen LogP contribution is 2.97. The molecule has 0 unspecified atom stereocenters. The maximum absolute atomic E-state index is 12.0. The molecule has 1 aromatic carbocycles. The number of ether oxygens (including phenoxy) is 2. The highest BCUT2D eigenvalue weighted by atomic mass is 32.5. The van der Waals surface area contributed by atoms with E-state index < -0.39 is 21.9 Å². The molecule has 0 heterocycles. The van der Waals surface area contributed by atoms with Crippen LogP contribution >= 0.6 is 10.2 Å². The minimum atomic E-state index is -9.79. The van der Waals surface area contributed by atoms with Crippen molar-refractivity contribution in [1.29, 1.82) is 0 Å². The molecule has 0 spiro atoms. The Morgan fingerprint density at radius 3 is 1.89 bits per heavy atom. The van der Waals surface area contributed by atoms with Crippen LogP contribution in [0.25, 0.3) is 0 Å². The van der Waals surface area contributed by atoms with Crippen molar-refractivity contribution in [3.05, 3.63) is 24.3 Å². The largest absolute Gasteiger partial charge is 0.497 e. The highest BCUT2D eigenvalue weighted by molar-refractivity contribution is 8.46. The lowest BCUT2D eigenvalue weighted by molar-refractivity contribution is -0.131. The second-order valence-electron chi connectivity index (χ2n) is 3.42. The van der Waals surface area contributed by atoms with Gasteiger partial charge < -0.3 is 9.47 Å². The van der Waals surface area contributed by atoms with E-state index in [0.29, 0.717) is 5.75 Å². The summed E-state index contributed by atoms with van der Waals surface area (Å²) < 4.78 is 68.7. The van der Waals surface area contributed by atoms with Gasteiger partial charge in [-0.05, 0) is 24.3 Å². The predicted molar refractivity (Wildman–Crippen MR) is 56.6 cm³/mol. The maximum atomic E-state index is 12.0. The number of rotatable bonds is 4. The third-order valence-corrected chi connectivity index (χ3v) is 2.46. The molecule has 0 bridgehead atoms. The molecular formula is C9H9F5O3S. The molecule has 0 atom stereocenters. The first kappa shape index (κ1) is 14.6. The molecule has 0 N–H and O–H groups in total. The first-order chi connectivity index (χ1) is 7.88. The van der Waals surface area contributed by atoms with Crippen LogP contribution in [0.1, 0.15) is 0 Å². The molecular weight excluding hydrogens is 283 g/mol. The Hall–Kier alpha value is -1.51. The number of benzene rings is 1. The van der Waals surface area contributed by atoms with Crippen LogP contribution in [0.3, 0.4) is 0 Å². The van der Waals surface area contributed by atoms with Gasteiger partial charge in [-0.25, -0.2) is 0 Å². The molecule has 0 aromatic heterocycles. The molecule has 1 aromatic rings. The van der Waals surface area contributed by atoms with Crippen LogP contribution in [-0.2, 0) is 4.79 Å². The van der Waals surface area contributed by atoms with Crippen molar-refractivity contribution in [3.8, 4) is 11.5 Å².